The SMILES string of the molecule is O=C(Nc1ccc2ncsc2c1)OCCO. The molecule has 0 saturated heterocycles. The second kappa shape index (κ2) is 4.91. The fourth-order valence-electron chi connectivity index (χ4n) is 1.23. The molecule has 84 valence electrons. The molecule has 0 bridgehead atoms. The van der Waals surface area contributed by atoms with Gasteiger partial charge in [-0.2, -0.15) is 0 Å². The molecule has 1 heterocycles. The fraction of sp³-hybridized carbons (Fsp3) is 0.200. The van der Waals surface area contributed by atoms with E-state index in [4.69, 9.17) is 5.11 Å². The molecule has 0 unspecified atom stereocenters. The lowest BCUT2D eigenvalue weighted by Crippen LogP contribution is -2.15. The van der Waals surface area contributed by atoms with Crippen LogP contribution in [0.5, 0.6) is 0 Å². The number of hydrogen-bond acceptors (Lipinski definition) is 5. The molecule has 0 spiro atoms. The van der Waals surface area contributed by atoms with Crippen LogP contribution in [-0.2, 0) is 4.74 Å². The molecule has 2 N–H and O–H groups in total. The topological polar surface area (TPSA) is 71.5 Å². The molecular formula is C10H10N2O3S. The zero-order valence-corrected chi connectivity index (χ0v) is 9.16. The standard InChI is InChI=1S/C10H10N2O3S/c13-3-4-15-10(14)12-7-1-2-8-9(5-7)16-6-11-8/h1-2,5-6,13H,3-4H2,(H,12,14). The number of nitrogens with zero attached hydrogens (tertiary/aromatic N) is 1. The van der Waals surface area contributed by atoms with E-state index < -0.39 is 6.09 Å². The van der Waals surface area contributed by atoms with Crippen molar-refractivity contribution in [2.45, 2.75) is 0 Å². The minimum Gasteiger partial charge on any atom is -0.447 e. The molecule has 0 aliphatic carbocycles. The number of hydrogen-bond donors (Lipinski definition) is 2. The fourth-order valence-corrected chi connectivity index (χ4v) is 1.94. The Hall–Kier alpha value is -1.66. The summed E-state index contributed by atoms with van der Waals surface area (Å²) < 4.78 is 5.68. The number of benzene rings is 1. The average Bonchev–Trinajstić information content (AvgIpc) is 2.73. The van der Waals surface area contributed by atoms with Gasteiger partial charge in [-0.15, -0.1) is 11.3 Å². The Morgan fingerprint density at radius 1 is 1.56 bits per heavy atom. The molecule has 0 fully saturated rings. The number of anilines is 1. The second-order valence-electron chi connectivity index (χ2n) is 3.02. The molecule has 0 aliphatic rings. The van der Waals surface area contributed by atoms with Crippen LogP contribution < -0.4 is 5.32 Å². The number of thiazole rings is 1. The molecule has 6 heteroatoms. The van der Waals surface area contributed by atoms with Crippen molar-refractivity contribution in [1.82, 2.24) is 4.98 Å². The predicted octanol–water partition coefficient (Wildman–Crippen LogP) is 1.84. The summed E-state index contributed by atoms with van der Waals surface area (Å²) in [5, 5.41) is 11.0. The minimum absolute atomic E-state index is 0.00532. The quantitative estimate of drug-likeness (QED) is 0.855. The number of aliphatic hydroxyl groups excluding tert-OH is 1. The van der Waals surface area contributed by atoms with Gasteiger partial charge in [-0.05, 0) is 18.2 Å². The summed E-state index contributed by atoms with van der Waals surface area (Å²) in [5.74, 6) is 0. The zero-order valence-electron chi connectivity index (χ0n) is 8.34. The Morgan fingerprint density at radius 2 is 2.44 bits per heavy atom. The molecule has 5 nitrogen and oxygen atoms in total. The molecule has 0 saturated carbocycles. The van der Waals surface area contributed by atoms with Crippen LogP contribution in [0.2, 0.25) is 0 Å². The molecule has 16 heavy (non-hydrogen) atoms. The van der Waals surface area contributed by atoms with E-state index >= 15 is 0 Å². The van der Waals surface area contributed by atoms with Crippen molar-refractivity contribution in [3.63, 3.8) is 0 Å². The highest BCUT2D eigenvalue weighted by Gasteiger charge is 2.04. The first-order chi connectivity index (χ1) is 7.79. The Kier molecular flexibility index (Phi) is 3.33. The average molecular weight is 238 g/mol. The largest absolute Gasteiger partial charge is 0.447 e. The zero-order chi connectivity index (χ0) is 11.4. The maximum absolute atomic E-state index is 11.2. The summed E-state index contributed by atoms with van der Waals surface area (Å²) in [4.78, 5) is 15.3. The highest BCUT2D eigenvalue weighted by Crippen LogP contribution is 2.21. The van der Waals surface area contributed by atoms with E-state index in [0.29, 0.717) is 5.69 Å². The highest BCUT2D eigenvalue weighted by atomic mass is 32.1. The molecule has 1 amide bonds. The first-order valence-corrected chi connectivity index (χ1v) is 5.55. The molecule has 0 aliphatic heterocycles. The van der Waals surface area contributed by atoms with Crippen LogP contribution in [0.25, 0.3) is 10.2 Å². The maximum Gasteiger partial charge on any atom is 0.411 e. The lowest BCUT2D eigenvalue weighted by molar-refractivity contribution is 0.131. The van der Waals surface area contributed by atoms with Gasteiger partial charge in [-0.25, -0.2) is 9.78 Å². The molecular weight excluding hydrogens is 228 g/mol. The number of rotatable bonds is 3. The van der Waals surface area contributed by atoms with Crippen LogP contribution in [0, 0.1) is 0 Å². The van der Waals surface area contributed by atoms with Gasteiger partial charge in [0.1, 0.15) is 6.61 Å². The van der Waals surface area contributed by atoms with E-state index in [1.54, 1.807) is 11.6 Å². The maximum atomic E-state index is 11.2. The summed E-state index contributed by atoms with van der Waals surface area (Å²) in [6, 6.07) is 5.41. The van der Waals surface area contributed by atoms with E-state index in [2.05, 4.69) is 15.0 Å². The van der Waals surface area contributed by atoms with Crippen LogP contribution in [0.4, 0.5) is 10.5 Å². The van der Waals surface area contributed by atoms with E-state index in [-0.39, 0.29) is 13.2 Å². The lowest BCUT2D eigenvalue weighted by atomic mass is 10.3. The van der Waals surface area contributed by atoms with E-state index in [1.807, 2.05) is 12.1 Å². The van der Waals surface area contributed by atoms with Crippen LogP contribution in [0.3, 0.4) is 0 Å². The van der Waals surface area contributed by atoms with Crippen molar-refractivity contribution in [3.05, 3.63) is 23.7 Å². The molecule has 0 atom stereocenters. The van der Waals surface area contributed by atoms with Gasteiger partial charge in [0, 0.05) is 5.69 Å². The van der Waals surface area contributed by atoms with Crippen LogP contribution in [0.15, 0.2) is 23.7 Å². The van der Waals surface area contributed by atoms with Gasteiger partial charge in [0.15, 0.2) is 0 Å². The van der Waals surface area contributed by atoms with Crippen LogP contribution in [0.1, 0.15) is 0 Å². The van der Waals surface area contributed by atoms with Crippen molar-refractivity contribution >= 4 is 33.3 Å². The first kappa shape index (κ1) is 10.8. The van der Waals surface area contributed by atoms with Crippen LogP contribution in [-0.4, -0.2) is 29.4 Å². The minimum atomic E-state index is -0.571. The Bertz CT molecular complexity index is 498. The van der Waals surface area contributed by atoms with E-state index in [1.165, 1.54) is 11.3 Å². The molecule has 2 aromatic rings. The lowest BCUT2D eigenvalue weighted by Gasteiger charge is -2.05. The van der Waals surface area contributed by atoms with Gasteiger partial charge in [0.25, 0.3) is 0 Å². The Labute approximate surface area is 95.7 Å². The summed E-state index contributed by atoms with van der Waals surface area (Å²) in [6.45, 7) is -0.185. The van der Waals surface area contributed by atoms with Gasteiger partial charge in [0.05, 0.1) is 22.3 Å². The Morgan fingerprint density at radius 3 is 3.25 bits per heavy atom. The third kappa shape index (κ3) is 2.47. The third-order valence-corrected chi connectivity index (χ3v) is 2.69. The molecule has 0 radical (unpaired) electrons. The number of nitrogens with one attached hydrogen (secondary N) is 1. The highest BCUT2D eigenvalue weighted by molar-refractivity contribution is 7.16. The monoisotopic (exact) mass is 238 g/mol. The smallest absolute Gasteiger partial charge is 0.411 e. The third-order valence-electron chi connectivity index (χ3n) is 1.90. The van der Waals surface area contributed by atoms with Gasteiger partial charge < -0.3 is 9.84 Å². The van der Waals surface area contributed by atoms with Crippen molar-refractivity contribution in [1.29, 1.82) is 0 Å². The number of carbonyl (C=O) groups excluding carboxylic acids is 1. The Balaban J connectivity index is 2.06. The number of aromatic nitrogens is 1. The number of aliphatic hydroxyl groups is 1. The predicted molar refractivity (Wildman–Crippen MR) is 61.7 cm³/mol. The molecule has 1 aromatic carbocycles. The number of ether oxygens (including phenoxy) is 1. The van der Waals surface area contributed by atoms with Gasteiger partial charge in [-0.1, -0.05) is 0 Å². The van der Waals surface area contributed by atoms with E-state index in [9.17, 15) is 4.79 Å². The summed E-state index contributed by atoms with van der Waals surface area (Å²) in [7, 11) is 0. The van der Waals surface area contributed by atoms with Gasteiger partial charge in [0.2, 0.25) is 0 Å². The van der Waals surface area contributed by atoms with E-state index in [0.717, 1.165) is 10.2 Å². The van der Waals surface area contributed by atoms with Gasteiger partial charge >= 0.3 is 6.09 Å². The summed E-state index contributed by atoms with van der Waals surface area (Å²) >= 11 is 1.50. The normalized spacial score (nSPS) is 10.3. The van der Waals surface area contributed by atoms with Crippen molar-refractivity contribution in [2.75, 3.05) is 18.5 Å². The van der Waals surface area contributed by atoms with Gasteiger partial charge in [-0.3, -0.25) is 5.32 Å². The summed E-state index contributed by atoms with van der Waals surface area (Å²) in [5.41, 5.74) is 3.30. The summed E-state index contributed by atoms with van der Waals surface area (Å²) in [6.07, 6.45) is -0.571. The van der Waals surface area contributed by atoms with Crippen molar-refractivity contribution in [2.24, 2.45) is 0 Å². The number of fused-ring (bicyclic) bond motifs is 1. The molecule has 2 rings (SSSR count). The van der Waals surface area contributed by atoms with Crippen molar-refractivity contribution in [3.8, 4) is 0 Å². The second-order valence-corrected chi connectivity index (χ2v) is 3.91. The number of amides is 1. The first-order valence-electron chi connectivity index (χ1n) is 4.67. The van der Waals surface area contributed by atoms with Crippen molar-refractivity contribution < 1.29 is 14.6 Å². The molecule has 1 aromatic heterocycles. The number of carbonyl (C=O) groups is 1. The van der Waals surface area contributed by atoms with Crippen LogP contribution >= 0.6 is 11.3 Å².